The molecule has 0 unspecified atom stereocenters. The van der Waals surface area contributed by atoms with Gasteiger partial charge in [0.05, 0.1) is 0 Å². The Kier molecular flexibility index (Phi) is 8.65. The molecule has 112 valence electrons. The summed E-state index contributed by atoms with van der Waals surface area (Å²) in [5, 5.41) is 0. The molecule has 0 saturated carbocycles. The molecule has 1 atom stereocenters. The number of rotatable bonds is 8. The highest BCUT2D eigenvalue weighted by molar-refractivity contribution is 14.1. The number of benzene rings is 1. The molecule has 0 saturated heterocycles. The summed E-state index contributed by atoms with van der Waals surface area (Å²) in [6, 6.07) is 7.87. The van der Waals surface area contributed by atoms with Gasteiger partial charge in [-0.2, -0.15) is 0 Å². The highest BCUT2D eigenvalue weighted by Gasteiger charge is 2.10. The lowest BCUT2D eigenvalue weighted by Crippen LogP contribution is -2.16. The van der Waals surface area contributed by atoms with E-state index in [1.807, 2.05) is 31.2 Å². The molecule has 20 heavy (non-hydrogen) atoms. The van der Waals surface area contributed by atoms with Gasteiger partial charge < -0.3 is 9.47 Å². The molecule has 0 aliphatic rings. The van der Waals surface area contributed by atoms with Gasteiger partial charge in [-0.1, -0.05) is 38.3 Å². The average molecular weight is 390 g/mol. The molecule has 0 amide bonds. The Bertz CT molecular complexity index is 389. The summed E-state index contributed by atoms with van der Waals surface area (Å²) in [5.74, 6) is 0. The van der Waals surface area contributed by atoms with E-state index in [4.69, 9.17) is 9.47 Å². The van der Waals surface area contributed by atoms with E-state index in [-0.39, 0.29) is 12.7 Å². The standard InChI is InChI=1S/C16H23IO3/c1-3-4-5-6-7-13(2)20-16(18)19-12-14-8-10-15(17)11-9-14/h8-11,13H,3-7,12H2,1-2H3/t13-/m1/s1. The summed E-state index contributed by atoms with van der Waals surface area (Å²) in [6.07, 6.45) is 5.00. The van der Waals surface area contributed by atoms with Crippen molar-refractivity contribution in [3.8, 4) is 0 Å². The summed E-state index contributed by atoms with van der Waals surface area (Å²) in [6.45, 7) is 4.36. The van der Waals surface area contributed by atoms with E-state index >= 15 is 0 Å². The van der Waals surface area contributed by atoms with Crippen molar-refractivity contribution in [2.45, 2.75) is 58.7 Å². The summed E-state index contributed by atoms with van der Waals surface area (Å²) >= 11 is 2.24. The molecule has 1 aromatic rings. The highest BCUT2D eigenvalue weighted by atomic mass is 127. The summed E-state index contributed by atoms with van der Waals surface area (Å²) in [7, 11) is 0. The van der Waals surface area contributed by atoms with Crippen molar-refractivity contribution in [3.05, 3.63) is 33.4 Å². The molecule has 0 N–H and O–H groups in total. The van der Waals surface area contributed by atoms with Crippen LogP contribution >= 0.6 is 22.6 Å². The molecule has 4 heteroatoms. The molecule has 1 rings (SSSR count). The van der Waals surface area contributed by atoms with Gasteiger partial charge in [0.15, 0.2) is 0 Å². The maximum absolute atomic E-state index is 11.5. The van der Waals surface area contributed by atoms with E-state index in [0.29, 0.717) is 0 Å². The summed E-state index contributed by atoms with van der Waals surface area (Å²) < 4.78 is 11.5. The Hall–Kier alpha value is -0.780. The number of unbranched alkanes of at least 4 members (excludes halogenated alkanes) is 3. The number of halogens is 1. The van der Waals surface area contributed by atoms with E-state index in [9.17, 15) is 4.79 Å². The molecule has 0 aromatic heterocycles. The lowest BCUT2D eigenvalue weighted by Gasteiger charge is -2.13. The van der Waals surface area contributed by atoms with E-state index in [1.54, 1.807) is 0 Å². The molecule has 0 fully saturated rings. The minimum Gasteiger partial charge on any atom is -0.431 e. The minimum atomic E-state index is -0.577. The predicted molar refractivity (Wildman–Crippen MR) is 88.7 cm³/mol. The first-order valence-corrected chi connectivity index (χ1v) is 8.27. The van der Waals surface area contributed by atoms with Crippen LogP contribution in [0, 0.1) is 3.57 Å². The first-order valence-electron chi connectivity index (χ1n) is 7.19. The second kappa shape index (κ2) is 10.0. The topological polar surface area (TPSA) is 35.5 Å². The Morgan fingerprint density at radius 2 is 1.90 bits per heavy atom. The smallest absolute Gasteiger partial charge is 0.431 e. The second-order valence-corrected chi connectivity index (χ2v) is 6.19. The zero-order chi connectivity index (χ0) is 14.8. The van der Waals surface area contributed by atoms with Crippen LogP contribution in [0.5, 0.6) is 0 Å². The predicted octanol–water partition coefficient (Wildman–Crippen LogP) is 5.30. The van der Waals surface area contributed by atoms with Crippen molar-refractivity contribution >= 4 is 28.7 Å². The molecule has 0 aliphatic carbocycles. The van der Waals surface area contributed by atoms with E-state index in [2.05, 4.69) is 29.5 Å². The SMILES string of the molecule is CCCCCC[C@@H](C)OC(=O)OCc1ccc(I)cc1. The molecule has 1 aromatic carbocycles. The van der Waals surface area contributed by atoms with Gasteiger partial charge in [-0.05, 0) is 60.1 Å². The average Bonchev–Trinajstić information content (AvgIpc) is 2.43. The van der Waals surface area contributed by atoms with Crippen LogP contribution in [0.15, 0.2) is 24.3 Å². The zero-order valence-electron chi connectivity index (χ0n) is 12.2. The van der Waals surface area contributed by atoms with E-state index in [0.717, 1.165) is 22.0 Å². The lowest BCUT2D eigenvalue weighted by molar-refractivity contribution is 0.0215. The van der Waals surface area contributed by atoms with Gasteiger partial charge in [0.2, 0.25) is 0 Å². The van der Waals surface area contributed by atoms with Gasteiger partial charge in [-0.15, -0.1) is 0 Å². The van der Waals surface area contributed by atoms with Crippen LogP contribution in [-0.4, -0.2) is 12.3 Å². The second-order valence-electron chi connectivity index (χ2n) is 4.94. The van der Waals surface area contributed by atoms with Crippen molar-refractivity contribution in [1.82, 2.24) is 0 Å². The largest absolute Gasteiger partial charge is 0.508 e. The molecular formula is C16H23IO3. The third-order valence-electron chi connectivity index (χ3n) is 3.03. The summed E-state index contributed by atoms with van der Waals surface area (Å²) in [4.78, 5) is 11.5. The third-order valence-corrected chi connectivity index (χ3v) is 3.75. The van der Waals surface area contributed by atoms with Crippen molar-refractivity contribution < 1.29 is 14.3 Å². The van der Waals surface area contributed by atoms with Gasteiger partial charge in [-0.25, -0.2) is 4.79 Å². The normalized spacial score (nSPS) is 11.9. The number of carbonyl (C=O) groups is 1. The van der Waals surface area contributed by atoms with Crippen LogP contribution in [0.4, 0.5) is 4.79 Å². The maximum Gasteiger partial charge on any atom is 0.508 e. The minimum absolute atomic E-state index is 0.0731. The fourth-order valence-electron chi connectivity index (χ4n) is 1.84. The number of ether oxygens (including phenoxy) is 2. The summed E-state index contributed by atoms with van der Waals surface area (Å²) in [5.41, 5.74) is 0.970. The molecular weight excluding hydrogens is 367 g/mol. The van der Waals surface area contributed by atoms with E-state index < -0.39 is 6.16 Å². The van der Waals surface area contributed by atoms with Crippen LogP contribution in [0.2, 0.25) is 0 Å². The Balaban J connectivity index is 2.17. The maximum atomic E-state index is 11.5. The molecule has 0 aliphatic heterocycles. The number of carbonyl (C=O) groups excluding carboxylic acids is 1. The van der Waals surface area contributed by atoms with Gasteiger partial charge in [0, 0.05) is 3.57 Å². The van der Waals surface area contributed by atoms with Crippen LogP contribution in [-0.2, 0) is 16.1 Å². The van der Waals surface area contributed by atoms with Crippen molar-refractivity contribution in [2.24, 2.45) is 0 Å². The Morgan fingerprint density at radius 1 is 1.20 bits per heavy atom. The molecule has 0 radical (unpaired) electrons. The lowest BCUT2D eigenvalue weighted by atomic mass is 10.1. The first kappa shape index (κ1) is 17.3. The van der Waals surface area contributed by atoms with Crippen molar-refractivity contribution in [2.75, 3.05) is 0 Å². The third kappa shape index (κ3) is 7.72. The van der Waals surface area contributed by atoms with Crippen molar-refractivity contribution in [1.29, 1.82) is 0 Å². The first-order chi connectivity index (χ1) is 9.61. The van der Waals surface area contributed by atoms with Gasteiger partial charge in [0.25, 0.3) is 0 Å². The van der Waals surface area contributed by atoms with Crippen LogP contribution in [0.3, 0.4) is 0 Å². The van der Waals surface area contributed by atoms with Gasteiger partial charge in [0.1, 0.15) is 12.7 Å². The Labute approximate surface area is 135 Å². The fourth-order valence-corrected chi connectivity index (χ4v) is 2.20. The van der Waals surface area contributed by atoms with Crippen molar-refractivity contribution in [3.63, 3.8) is 0 Å². The van der Waals surface area contributed by atoms with Crippen LogP contribution in [0.25, 0.3) is 0 Å². The van der Waals surface area contributed by atoms with Gasteiger partial charge >= 0.3 is 6.16 Å². The fraction of sp³-hybridized carbons (Fsp3) is 0.562. The highest BCUT2D eigenvalue weighted by Crippen LogP contribution is 2.11. The Morgan fingerprint density at radius 3 is 2.55 bits per heavy atom. The van der Waals surface area contributed by atoms with E-state index in [1.165, 1.54) is 19.3 Å². The number of hydrogen-bond donors (Lipinski definition) is 0. The molecule has 0 heterocycles. The molecule has 3 nitrogen and oxygen atoms in total. The molecule has 0 spiro atoms. The zero-order valence-corrected chi connectivity index (χ0v) is 14.4. The van der Waals surface area contributed by atoms with Crippen LogP contribution < -0.4 is 0 Å². The quantitative estimate of drug-likeness (QED) is 0.343. The van der Waals surface area contributed by atoms with Gasteiger partial charge in [-0.3, -0.25) is 0 Å². The number of hydrogen-bond acceptors (Lipinski definition) is 3. The molecule has 0 bridgehead atoms. The monoisotopic (exact) mass is 390 g/mol. The van der Waals surface area contributed by atoms with Crippen LogP contribution in [0.1, 0.15) is 51.5 Å².